The van der Waals surface area contributed by atoms with Gasteiger partial charge in [0, 0.05) is 54.4 Å². The molecule has 0 unspecified atom stereocenters. The zero-order valence-electron chi connectivity index (χ0n) is 18.1. The molecule has 0 bridgehead atoms. The summed E-state index contributed by atoms with van der Waals surface area (Å²) < 4.78 is 19.9. The molecule has 8 nitrogen and oxygen atoms in total. The number of aryl methyl sites for hydroxylation is 1. The maximum Gasteiger partial charge on any atom is 0.257 e. The van der Waals surface area contributed by atoms with Crippen LogP contribution in [-0.4, -0.2) is 44.1 Å². The summed E-state index contributed by atoms with van der Waals surface area (Å²) in [7, 11) is 0. The predicted molar refractivity (Wildman–Crippen MR) is 115 cm³/mol. The first-order chi connectivity index (χ1) is 15.3. The fourth-order valence-corrected chi connectivity index (χ4v) is 5.13. The van der Waals surface area contributed by atoms with Crippen LogP contribution in [0.4, 0.5) is 4.39 Å². The zero-order chi connectivity index (χ0) is 22.5. The topological polar surface area (TPSA) is 104 Å². The molecule has 2 aliphatic heterocycles. The van der Waals surface area contributed by atoms with Gasteiger partial charge in [-0.15, -0.1) is 0 Å². The molecule has 4 heterocycles. The number of likely N-dealkylation sites (tertiary alicyclic amines) is 1. The van der Waals surface area contributed by atoms with Gasteiger partial charge >= 0.3 is 0 Å². The van der Waals surface area contributed by atoms with Crippen molar-refractivity contribution in [2.75, 3.05) is 19.6 Å². The predicted octanol–water partition coefficient (Wildman–Crippen LogP) is 3.09. The second-order valence-corrected chi connectivity index (χ2v) is 9.11. The van der Waals surface area contributed by atoms with Crippen LogP contribution in [0, 0.1) is 17.9 Å². The van der Waals surface area contributed by atoms with E-state index in [1.807, 2.05) is 0 Å². The molecular weight excluding hydrogens is 415 g/mol. The lowest BCUT2D eigenvalue weighted by molar-refractivity contribution is -0.885. The lowest BCUT2D eigenvalue weighted by Crippen LogP contribution is -2.49. The summed E-state index contributed by atoms with van der Waals surface area (Å²) >= 11 is 0. The van der Waals surface area contributed by atoms with Crippen molar-refractivity contribution in [2.24, 2.45) is 0 Å². The first kappa shape index (κ1) is 21.2. The molecule has 0 amide bonds. The molecule has 9 heteroatoms. The molecule has 32 heavy (non-hydrogen) atoms. The SMILES string of the molecule is Cc1nc2n(c(=O)c1CC[N+]1([O-])CCC(c3noc4cc(F)ccc34)CC1)CCC[C@H]2O. The van der Waals surface area contributed by atoms with Crippen molar-refractivity contribution < 1.29 is 18.7 Å². The molecule has 1 aromatic carbocycles. The Kier molecular flexibility index (Phi) is 5.35. The number of hydrogen-bond acceptors (Lipinski definition) is 6. The first-order valence-corrected chi connectivity index (χ1v) is 11.2. The lowest BCUT2D eigenvalue weighted by Gasteiger charge is -2.47. The summed E-state index contributed by atoms with van der Waals surface area (Å²) in [5.41, 5.74) is 2.26. The van der Waals surface area contributed by atoms with Crippen molar-refractivity contribution in [1.82, 2.24) is 14.7 Å². The van der Waals surface area contributed by atoms with Gasteiger partial charge in [-0.25, -0.2) is 9.37 Å². The van der Waals surface area contributed by atoms with E-state index in [0.29, 0.717) is 74.5 Å². The third-order valence-electron chi connectivity index (χ3n) is 7.04. The largest absolute Gasteiger partial charge is 0.633 e. The van der Waals surface area contributed by atoms with Crippen LogP contribution in [0.25, 0.3) is 11.0 Å². The Morgan fingerprint density at radius 1 is 1.31 bits per heavy atom. The van der Waals surface area contributed by atoms with Gasteiger partial charge in [0.15, 0.2) is 5.58 Å². The van der Waals surface area contributed by atoms with E-state index in [4.69, 9.17) is 4.52 Å². The molecule has 1 fully saturated rings. The molecule has 0 spiro atoms. The molecule has 1 atom stereocenters. The second kappa shape index (κ2) is 8.06. The van der Waals surface area contributed by atoms with E-state index in [-0.39, 0.29) is 21.9 Å². The van der Waals surface area contributed by atoms with Gasteiger partial charge in [-0.1, -0.05) is 5.16 Å². The maximum absolute atomic E-state index is 13.4. The summed E-state index contributed by atoms with van der Waals surface area (Å²) in [6, 6.07) is 4.40. The quantitative estimate of drug-likeness (QED) is 0.492. The Balaban J connectivity index is 1.28. The second-order valence-electron chi connectivity index (χ2n) is 9.11. The molecule has 5 rings (SSSR count). The molecule has 2 aromatic heterocycles. The molecule has 1 N–H and O–H groups in total. The number of hydroxylamine groups is 3. The number of rotatable bonds is 4. The van der Waals surface area contributed by atoms with Crippen LogP contribution in [-0.2, 0) is 13.0 Å². The van der Waals surface area contributed by atoms with E-state index < -0.39 is 6.10 Å². The van der Waals surface area contributed by atoms with Crippen LogP contribution in [0.3, 0.4) is 0 Å². The standard InChI is InChI=1S/C23H27FN4O4/c1-14-17(23(30)27-9-2-3-19(29)22(27)25-14)8-12-28(31)10-6-15(7-11-28)21-18-5-4-16(24)13-20(18)32-26-21/h4-5,13,15,19,29H,2-3,6-12H2,1H3/t15?,19-,28?/m1/s1. The zero-order valence-corrected chi connectivity index (χ0v) is 18.1. The number of halogens is 1. The molecule has 0 aliphatic carbocycles. The van der Waals surface area contributed by atoms with Gasteiger partial charge in [-0.05, 0) is 31.9 Å². The number of aromatic nitrogens is 3. The van der Waals surface area contributed by atoms with E-state index in [1.54, 1.807) is 17.6 Å². The number of aliphatic hydroxyl groups excluding tert-OH is 1. The average Bonchev–Trinajstić information content (AvgIpc) is 3.18. The van der Waals surface area contributed by atoms with Gasteiger partial charge in [0.1, 0.15) is 17.7 Å². The minimum absolute atomic E-state index is 0.0983. The normalized spacial score (nSPS) is 25.8. The minimum Gasteiger partial charge on any atom is -0.633 e. The van der Waals surface area contributed by atoms with Crippen molar-refractivity contribution in [3.05, 3.63) is 62.4 Å². The van der Waals surface area contributed by atoms with Gasteiger partial charge in [0.25, 0.3) is 5.56 Å². The highest BCUT2D eigenvalue weighted by atomic mass is 19.1. The van der Waals surface area contributed by atoms with Gasteiger partial charge < -0.3 is 19.5 Å². The summed E-state index contributed by atoms with van der Waals surface area (Å²) in [5, 5.41) is 28.5. The highest BCUT2D eigenvalue weighted by molar-refractivity contribution is 5.79. The number of hydrogen-bond donors (Lipinski definition) is 1. The highest BCUT2D eigenvalue weighted by Gasteiger charge is 2.31. The van der Waals surface area contributed by atoms with E-state index in [2.05, 4.69) is 10.1 Å². The Labute approximate surface area is 184 Å². The van der Waals surface area contributed by atoms with Gasteiger partial charge in [-0.3, -0.25) is 9.36 Å². The molecule has 0 saturated carbocycles. The van der Waals surface area contributed by atoms with Crippen LogP contribution < -0.4 is 5.56 Å². The Morgan fingerprint density at radius 2 is 2.09 bits per heavy atom. The lowest BCUT2D eigenvalue weighted by atomic mass is 9.91. The van der Waals surface area contributed by atoms with E-state index in [9.17, 15) is 19.5 Å². The van der Waals surface area contributed by atoms with Crippen molar-refractivity contribution in [1.29, 1.82) is 0 Å². The maximum atomic E-state index is 13.4. The van der Waals surface area contributed by atoms with E-state index >= 15 is 0 Å². The third kappa shape index (κ3) is 3.74. The number of aliphatic hydroxyl groups is 1. The fourth-order valence-electron chi connectivity index (χ4n) is 5.13. The van der Waals surface area contributed by atoms with Crippen LogP contribution in [0.5, 0.6) is 0 Å². The minimum atomic E-state index is -0.704. The summed E-state index contributed by atoms with van der Waals surface area (Å²) in [6.07, 6.45) is 2.34. The fraction of sp³-hybridized carbons (Fsp3) is 0.522. The van der Waals surface area contributed by atoms with Gasteiger partial charge in [-0.2, -0.15) is 0 Å². The van der Waals surface area contributed by atoms with E-state index in [1.165, 1.54) is 12.1 Å². The number of nitrogens with zero attached hydrogens (tertiary/aromatic N) is 4. The Hall–Kier alpha value is -2.62. The van der Waals surface area contributed by atoms with Crippen molar-refractivity contribution in [3.63, 3.8) is 0 Å². The molecule has 0 radical (unpaired) electrons. The van der Waals surface area contributed by atoms with Gasteiger partial charge in [0.2, 0.25) is 0 Å². The number of piperidine rings is 1. The van der Waals surface area contributed by atoms with Crippen LogP contribution in [0.1, 0.15) is 60.5 Å². The molecule has 1 saturated heterocycles. The Bertz CT molecular complexity index is 1210. The van der Waals surface area contributed by atoms with E-state index in [0.717, 1.165) is 17.5 Å². The molecule has 170 valence electrons. The summed E-state index contributed by atoms with van der Waals surface area (Å²) in [4.78, 5) is 17.5. The molecule has 3 aromatic rings. The third-order valence-corrected chi connectivity index (χ3v) is 7.04. The highest BCUT2D eigenvalue weighted by Crippen LogP contribution is 2.35. The number of quaternary nitrogens is 1. The van der Waals surface area contributed by atoms with Crippen LogP contribution >= 0.6 is 0 Å². The summed E-state index contributed by atoms with van der Waals surface area (Å²) in [5.74, 6) is 0.173. The van der Waals surface area contributed by atoms with Gasteiger partial charge in [0.05, 0.1) is 25.3 Å². The van der Waals surface area contributed by atoms with Crippen molar-refractivity contribution in [3.8, 4) is 0 Å². The van der Waals surface area contributed by atoms with Crippen molar-refractivity contribution in [2.45, 2.75) is 57.6 Å². The monoisotopic (exact) mass is 442 g/mol. The van der Waals surface area contributed by atoms with Crippen LogP contribution in [0.2, 0.25) is 0 Å². The first-order valence-electron chi connectivity index (χ1n) is 11.2. The summed E-state index contributed by atoms with van der Waals surface area (Å²) in [6.45, 7) is 3.51. The average molecular weight is 442 g/mol. The smallest absolute Gasteiger partial charge is 0.257 e. The number of fused-ring (bicyclic) bond motifs is 2. The Morgan fingerprint density at radius 3 is 2.88 bits per heavy atom. The van der Waals surface area contributed by atoms with Crippen LogP contribution in [0.15, 0.2) is 27.5 Å². The molecular formula is C23H27FN4O4. The molecule has 2 aliphatic rings. The van der Waals surface area contributed by atoms with Crippen molar-refractivity contribution >= 4 is 11.0 Å². The number of benzene rings is 1.